The fraction of sp³-hybridized carbons (Fsp3) is 0.889. The fourth-order valence-electron chi connectivity index (χ4n) is 1.31. The molecule has 0 aromatic rings. The summed E-state index contributed by atoms with van der Waals surface area (Å²) < 4.78 is 36.3. The van der Waals surface area contributed by atoms with Crippen molar-refractivity contribution in [3.63, 3.8) is 0 Å². The monoisotopic (exact) mass is 240 g/mol. The SMILES string of the molecule is O=C(CN(CCO)CC(F)(F)F)NC1CC1. The van der Waals surface area contributed by atoms with E-state index < -0.39 is 25.2 Å². The van der Waals surface area contributed by atoms with Crippen LogP contribution in [0.15, 0.2) is 0 Å². The molecule has 1 fully saturated rings. The molecule has 2 N–H and O–H groups in total. The first-order valence-electron chi connectivity index (χ1n) is 5.10. The van der Waals surface area contributed by atoms with E-state index in [1.807, 2.05) is 0 Å². The number of nitrogens with zero attached hydrogens (tertiary/aromatic N) is 1. The van der Waals surface area contributed by atoms with Crippen molar-refractivity contribution in [1.29, 1.82) is 0 Å². The first-order chi connectivity index (χ1) is 7.40. The molecular weight excluding hydrogens is 225 g/mol. The molecule has 1 aliphatic rings. The Balaban J connectivity index is 2.33. The number of nitrogens with one attached hydrogen (secondary N) is 1. The first kappa shape index (κ1) is 13.2. The fourth-order valence-corrected chi connectivity index (χ4v) is 1.31. The van der Waals surface area contributed by atoms with Gasteiger partial charge in [0.25, 0.3) is 0 Å². The lowest BCUT2D eigenvalue weighted by Crippen LogP contribution is -2.43. The van der Waals surface area contributed by atoms with Crippen molar-refractivity contribution in [1.82, 2.24) is 10.2 Å². The predicted octanol–water partition coefficient (Wildman–Crippen LogP) is 0.122. The number of halogens is 3. The minimum atomic E-state index is -4.35. The maximum atomic E-state index is 12.1. The standard InChI is InChI=1S/C9H15F3N2O2/c10-9(11,12)6-14(3-4-15)5-8(16)13-7-1-2-7/h7,15H,1-6H2,(H,13,16). The number of alkyl halides is 3. The molecule has 0 spiro atoms. The lowest BCUT2D eigenvalue weighted by atomic mass is 10.4. The number of aliphatic hydroxyl groups excluding tert-OH is 1. The summed E-state index contributed by atoms with van der Waals surface area (Å²) in [5, 5.41) is 11.2. The van der Waals surface area contributed by atoms with Gasteiger partial charge in [-0.2, -0.15) is 13.2 Å². The van der Waals surface area contributed by atoms with Gasteiger partial charge in [-0.3, -0.25) is 9.69 Å². The normalized spacial score (nSPS) is 16.6. The van der Waals surface area contributed by atoms with Gasteiger partial charge in [-0.15, -0.1) is 0 Å². The lowest BCUT2D eigenvalue weighted by molar-refractivity contribution is -0.149. The summed E-state index contributed by atoms with van der Waals surface area (Å²) in [6.45, 7) is -2.05. The second-order valence-electron chi connectivity index (χ2n) is 3.89. The third kappa shape index (κ3) is 5.92. The molecule has 7 heteroatoms. The van der Waals surface area contributed by atoms with E-state index in [-0.39, 0.29) is 19.1 Å². The first-order valence-corrected chi connectivity index (χ1v) is 5.10. The number of carbonyl (C=O) groups is 1. The van der Waals surface area contributed by atoms with E-state index in [0.29, 0.717) is 0 Å². The van der Waals surface area contributed by atoms with Gasteiger partial charge in [0.1, 0.15) is 0 Å². The summed E-state index contributed by atoms with van der Waals surface area (Å²) in [4.78, 5) is 12.1. The quantitative estimate of drug-likeness (QED) is 0.693. The summed E-state index contributed by atoms with van der Waals surface area (Å²) in [6, 6.07) is 0.134. The molecule has 1 amide bonds. The molecule has 1 aliphatic carbocycles. The van der Waals surface area contributed by atoms with Crippen LogP contribution in [-0.4, -0.2) is 54.4 Å². The van der Waals surface area contributed by atoms with Crippen molar-refractivity contribution in [3.05, 3.63) is 0 Å². The Morgan fingerprint density at radius 2 is 2.06 bits per heavy atom. The van der Waals surface area contributed by atoms with Crippen LogP contribution in [0.5, 0.6) is 0 Å². The summed E-state index contributed by atoms with van der Waals surface area (Å²) in [7, 11) is 0. The number of hydrogen-bond acceptors (Lipinski definition) is 3. The van der Waals surface area contributed by atoms with Crippen molar-refractivity contribution in [3.8, 4) is 0 Å². The van der Waals surface area contributed by atoms with E-state index in [9.17, 15) is 18.0 Å². The Morgan fingerprint density at radius 3 is 2.50 bits per heavy atom. The minimum Gasteiger partial charge on any atom is -0.395 e. The van der Waals surface area contributed by atoms with Gasteiger partial charge in [0.05, 0.1) is 19.7 Å². The smallest absolute Gasteiger partial charge is 0.395 e. The van der Waals surface area contributed by atoms with Crippen molar-refractivity contribution in [2.75, 3.05) is 26.2 Å². The van der Waals surface area contributed by atoms with Crippen LogP contribution < -0.4 is 5.32 Å². The van der Waals surface area contributed by atoms with Gasteiger partial charge in [-0.1, -0.05) is 0 Å². The zero-order valence-corrected chi connectivity index (χ0v) is 8.76. The largest absolute Gasteiger partial charge is 0.401 e. The number of carbonyl (C=O) groups excluding carboxylic acids is 1. The summed E-state index contributed by atoms with van der Waals surface area (Å²) in [5.41, 5.74) is 0. The Labute approximate surface area is 91.4 Å². The summed E-state index contributed by atoms with van der Waals surface area (Å²) in [5.74, 6) is -0.416. The van der Waals surface area contributed by atoms with Gasteiger partial charge in [0.15, 0.2) is 0 Å². The number of hydrogen-bond donors (Lipinski definition) is 2. The van der Waals surface area contributed by atoms with Crippen LogP contribution in [0.4, 0.5) is 13.2 Å². The van der Waals surface area contributed by atoms with Crippen LogP contribution in [0.2, 0.25) is 0 Å². The number of amides is 1. The molecule has 16 heavy (non-hydrogen) atoms. The van der Waals surface area contributed by atoms with E-state index in [0.717, 1.165) is 17.7 Å². The van der Waals surface area contributed by atoms with Crippen molar-refractivity contribution in [2.45, 2.75) is 25.1 Å². The molecule has 0 radical (unpaired) electrons. The topological polar surface area (TPSA) is 52.6 Å². The summed E-state index contributed by atoms with van der Waals surface area (Å²) >= 11 is 0. The van der Waals surface area contributed by atoms with Gasteiger partial charge >= 0.3 is 6.18 Å². The molecule has 4 nitrogen and oxygen atoms in total. The van der Waals surface area contributed by atoms with E-state index >= 15 is 0 Å². The molecule has 0 unspecified atom stereocenters. The third-order valence-corrected chi connectivity index (χ3v) is 2.13. The van der Waals surface area contributed by atoms with Crippen LogP contribution in [0.25, 0.3) is 0 Å². The van der Waals surface area contributed by atoms with Crippen molar-refractivity contribution < 1.29 is 23.1 Å². The highest BCUT2D eigenvalue weighted by Crippen LogP contribution is 2.19. The molecule has 94 valence electrons. The molecule has 0 saturated heterocycles. The number of rotatable bonds is 6. The average Bonchev–Trinajstić information content (AvgIpc) is 2.84. The Morgan fingerprint density at radius 1 is 1.44 bits per heavy atom. The average molecular weight is 240 g/mol. The molecule has 0 aliphatic heterocycles. The van der Waals surface area contributed by atoms with Crippen molar-refractivity contribution in [2.24, 2.45) is 0 Å². The third-order valence-electron chi connectivity index (χ3n) is 2.13. The van der Waals surface area contributed by atoms with Crippen molar-refractivity contribution >= 4 is 5.91 Å². The Hall–Kier alpha value is -0.820. The minimum absolute atomic E-state index is 0.134. The predicted molar refractivity (Wildman–Crippen MR) is 50.7 cm³/mol. The van der Waals surface area contributed by atoms with Gasteiger partial charge in [-0.05, 0) is 12.8 Å². The molecule has 0 aromatic carbocycles. The zero-order chi connectivity index (χ0) is 12.2. The Kier molecular flexibility index (Phi) is 4.55. The van der Waals surface area contributed by atoms with E-state index in [4.69, 9.17) is 5.11 Å². The van der Waals surface area contributed by atoms with Crippen LogP contribution in [-0.2, 0) is 4.79 Å². The molecular formula is C9H15F3N2O2. The molecule has 0 heterocycles. The van der Waals surface area contributed by atoms with Crippen LogP contribution in [0, 0.1) is 0 Å². The van der Waals surface area contributed by atoms with Crippen LogP contribution in [0.1, 0.15) is 12.8 Å². The highest BCUT2D eigenvalue weighted by molar-refractivity contribution is 5.78. The molecule has 1 saturated carbocycles. The zero-order valence-electron chi connectivity index (χ0n) is 8.76. The van der Waals surface area contributed by atoms with Gasteiger partial charge in [-0.25, -0.2) is 0 Å². The maximum absolute atomic E-state index is 12.1. The maximum Gasteiger partial charge on any atom is 0.401 e. The lowest BCUT2D eigenvalue weighted by Gasteiger charge is -2.21. The molecule has 0 atom stereocenters. The van der Waals surface area contributed by atoms with Gasteiger partial charge < -0.3 is 10.4 Å². The van der Waals surface area contributed by atoms with Crippen LogP contribution in [0.3, 0.4) is 0 Å². The highest BCUT2D eigenvalue weighted by atomic mass is 19.4. The molecule has 1 rings (SSSR count). The highest BCUT2D eigenvalue weighted by Gasteiger charge is 2.32. The van der Waals surface area contributed by atoms with Gasteiger partial charge in [0.2, 0.25) is 5.91 Å². The molecule has 0 aromatic heterocycles. The van der Waals surface area contributed by atoms with E-state index in [1.165, 1.54) is 0 Å². The second-order valence-corrected chi connectivity index (χ2v) is 3.89. The van der Waals surface area contributed by atoms with E-state index in [2.05, 4.69) is 5.32 Å². The summed E-state index contributed by atoms with van der Waals surface area (Å²) in [6.07, 6.45) is -2.56. The van der Waals surface area contributed by atoms with E-state index in [1.54, 1.807) is 0 Å². The molecule has 0 bridgehead atoms. The Bertz CT molecular complexity index is 241. The van der Waals surface area contributed by atoms with Crippen LogP contribution >= 0.6 is 0 Å². The number of aliphatic hydroxyl groups is 1. The second kappa shape index (κ2) is 5.49. The van der Waals surface area contributed by atoms with Gasteiger partial charge in [0, 0.05) is 12.6 Å².